The first-order valence-electron chi connectivity index (χ1n) is 8.66. The number of carbonyl (C=O) groups is 1. The second-order valence-electron chi connectivity index (χ2n) is 6.30. The number of imidazole rings is 1. The molecular formula is C22H16N3OS+. The first-order chi connectivity index (χ1) is 13.3. The number of carbonyl (C=O) groups excluding carboxylic acids is 1. The van der Waals surface area contributed by atoms with E-state index < -0.39 is 0 Å². The van der Waals surface area contributed by atoms with Crippen LogP contribution in [0, 0.1) is 0 Å². The summed E-state index contributed by atoms with van der Waals surface area (Å²) >= 11 is 1.63. The molecular weight excluding hydrogens is 354 g/mol. The lowest BCUT2D eigenvalue weighted by Gasteiger charge is -2.03. The maximum absolute atomic E-state index is 13.0. The van der Waals surface area contributed by atoms with Crippen LogP contribution in [0.15, 0.2) is 84.4 Å². The summed E-state index contributed by atoms with van der Waals surface area (Å²) in [5.74, 6) is 0.613. The van der Waals surface area contributed by atoms with Crippen molar-refractivity contribution in [1.82, 2.24) is 4.98 Å². The quantitative estimate of drug-likeness (QED) is 0.437. The van der Waals surface area contributed by atoms with Crippen LogP contribution in [0.25, 0.3) is 27.0 Å². The van der Waals surface area contributed by atoms with Gasteiger partial charge >= 0.3 is 5.91 Å². The number of aromatic nitrogens is 2. The molecule has 5 heteroatoms. The minimum Gasteiger partial charge on any atom is -0.266 e. The minimum absolute atomic E-state index is 0.129. The molecule has 0 bridgehead atoms. The van der Waals surface area contributed by atoms with E-state index in [-0.39, 0.29) is 5.91 Å². The van der Waals surface area contributed by atoms with E-state index in [0.29, 0.717) is 5.56 Å². The molecule has 0 aliphatic carbocycles. The summed E-state index contributed by atoms with van der Waals surface area (Å²) < 4.78 is 1.97. The number of hydrogen-bond acceptors (Lipinski definition) is 2. The van der Waals surface area contributed by atoms with E-state index in [0.717, 1.165) is 32.8 Å². The number of nitrogens with zero attached hydrogens (tertiary/aromatic N) is 1. The molecule has 0 radical (unpaired) electrons. The molecule has 0 aliphatic heterocycles. The first kappa shape index (κ1) is 15.8. The van der Waals surface area contributed by atoms with Crippen LogP contribution >= 0.6 is 11.3 Å². The van der Waals surface area contributed by atoms with E-state index in [4.69, 9.17) is 0 Å². The van der Waals surface area contributed by atoms with Gasteiger partial charge in [0.1, 0.15) is 0 Å². The van der Waals surface area contributed by atoms with Crippen LogP contribution in [0.2, 0.25) is 0 Å². The SMILES string of the molecule is O=C(Nc1c(-c2cccs2)[nH]c2cccc[n+]12)c1ccc2ccccc2c1. The fraction of sp³-hybridized carbons (Fsp3) is 0. The van der Waals surface area contributed by atoms with Crippen LogP contribution in [0.4, 0.5) is 5.82 Å². The summed E-state index contributed by atoms with van der Waals surface area (Å²) in [6, 6.07) is 23.8. The normalized spacial score (nSPS) is 11.1. The zero-order valence-electron chi connectivity index (χ0n) is 14.3. The van der Waals surface area contributed by atoms with Crippen molar-refractivity contribution in [3.63, 3.8) is 0 Å². The predicted octanol–water partition coefficient (Wildman–Crippen LogP) is 4.89. The van der Waals surface area contributed by atoms with E-state index >= 15 is 0 Å². The number of aromatic amines is 1. The zero-order valence-corrected chi connectivity index (χ0v) is 15.2. The second-order valence-corrected chi connectivity index (χ2v) is 7.25. The Balaban J connectivity index is 1.59. The summed E-state index contributed by atoms with van der Waals surface area (Å²) in [5.41, 5.74) is 2.47. The molecule has 2 aromatic carbocycles. The Morgan fingerprint density at radius 3 is 2.63 bits per heavy atom. The van der Waals surface area contributed by atoms with Gasteiger partial charge in [0, 0.05) is 6.07 Å². The smallest absolute Gasteiger partial charge is 0.266 e. The third-order valence-corrected chi connectivity index (χ3v) is 5.49. The Kier molecular flexibility index (Phi) is 3.73. The number of anilines is 1. The van der Waals surface area contributed by atoms with Crippen LogP contribution in [-0.4, -0.2) is 10.9 Å². The number of thiophene rings is 1. The van der Waals surface area contributed by atoms with Gasteiger partial charge < -0.3 is 0 Å². The lowest BCUT2D eigenvalue weighted by Crippen LogP contribution is -2.26. The van der Waals surface area contributed by atoms with Crippen molar-refractivity contribution < 1.29 is 9.20 Å². The molecule has 0 atom stereocenters. The molecule has 3 aromatic heterocycles. The molecule has 130 valence electrons. The number of nitrogens with one attached hydrogen (secondary N) is 2. The number of H-pyrrole nitrogens is 1. The van der Waals surface area contributed by atoms with Gasteiger partial charge in [-0.1, -0.05) is 42.5 Å². The van der Waals surface area contributed by atoms with Crippen LogP contribution in [0.1, 0.15) is 10.4 Å². The van der Waals surface area contributed by atoms with Crippen molar-refractivity contribution in [1.29, 1.82) is 0 Å². The molecule has 0 unspecified atom stereocenters. The highest BCUT2D eigenvalue weighted by Gasteiger charge is 2.23. The Morgan fingerprint density at radius 2 is 1.78 bits per heavy atom. The molecule has 5 rings (SSSR count). The Bertz CT molecular complexity index is 1270. The maximum atomic E-state index is 13.0. The molecule has 3 heterocycles. The van der Waals surface area contributed by atoms with Crippen LogP contribution in [0.3, 0.4) is 0 Å². The largest absolute Gasteiger partial charge is 0.311 e. The molecule has 27 heavy (non-hydrogen) atoms. The van der Waals surface area contributed by atoms with Crippen LogP contribution in [0.5, 0.6) is 0 Å². The van der Waals surface area contributed by atoms with E-state index in [9.17, 15) is 4.79 Å². The van der Waals surface area contributed by atoms with Crippen molar-refractivity contribution >= 4 is 39.5 Å². The van der Waals surface area contributed by atoms with Gasteiger partial charge in [-0.3, -0.25) is 9.78 Å². The molecule has 5 aromatic rings. The van der Waals surface area contributed by atoms with E-state index in [1.807, 2.05) is 88.8 Å². The summed E-state index contributed by atoms with van der Waals surface area (Å²) in [6.07, 6.45) is 1.94. The number of amides is 1. The number of pyridine rings is 1. The fourth-order valence-electron chi connectivity index (χ4n) is 3.28. The van der Waals surface area contributed by atoms with Gasteiger partial charge in [-0.2, -0.15) is 0 Å². The van der Waals surface area contributed by atoms with Crippen molar-refractivity contribution in [2.45, 2.75) is 0 Å². The Hall–Kier alpha value is -3.44. The molecule has 1 amide bonds. The third kappa shape index (κ3) is 2.78. The zero-order chi connectivity index (χ0) is 18.2. The molecule has 4 nitrogen and oxygen atoms in total. The van der Waals surface area contributed by atoms with Gasteiger partial charge in [-0.25, -0.2) is 9.72 Å². The number of benzene rings is 2. The lowest BCUT2D eigenvalue weighted by atomic mass is 10.1. The van der Waals surface area contributed by atoms with E-state index in [2.05, 4.69) is 10.3 Å². The molecule has 0 spiro atoms. The summed E-state index contributed by atoms with van der Waals surface area (Å²) in [4.78, 5) is 17.5. The highest BCUT2D eigenvalue weighted by molar-refractivity contribution is 7.13. The second kappa shape index (κ2) is 6.37. The maximum Gasteiger partial charge on any atom is 0.311 e. The number of fused-ring (bicyclic) bond motifs is 2. The van der Waals surface area contributed by atoms with Crippen LogP contribution < -0.4 is 9.72 Å². The summed E-state index contributed by atoms with van der Waals surface area (Å²) in [6.45, 7) is 0. The third-order valence-electron chi connectivity index (χ3n) is 4.60. The van der Waals surface area contributed by atoms with Gasteiger partial charge in [0.05, 0.1) is 16.6 Å². The average Bonchev–Trinajstić information content (AvgIpc) is 3.36. The van der Waals surface area contributed by atoms with E-state index in [1.54, 1.807) is 11.3 Å². The molecule has 0 fully saturated rings. The fourth-order valence-corrected chi connectivity index (χ4v) is 4.01. The predicted molar refractivity (Wildman–Crippen MR) is 109 cm³/mol. The first-order valence-corrected chi connectivity index (χ1v) is 9.54. The van der Waals surface area contributed by atoms with E-state index in [1.165, 1.54) is 0 Å². The Labute approximate surface area is 159 Å². The van der Waals surface area contributed by atoms with Crippen LogP contribution in [-0.2, 0) is 0 Å². The molecule has 0 saturated carbocycles. The number of hydrogen-bond donors (Lipinski definition) is 2. The lowest BCUT2D eigenvalue weighted by molar-refractivity contribution is -0.493. The standard InChI is InChI=1S/C22H15N3OS/c26-22(17-11-10-15-6-1-2-7-16(15)14-17)24-21-20(18-8-5-13-27-18)23-19-9-3-4-12-25(19)21/h1-14H,(H,24,26)/p+1. The Morgan fingerprint density at radius 1 is 0.926 bits per heavy atom. The van der Waals surface area contributed by atoms with Crippen molar-refractivity contribution in [3.8, 4) is 10.6 Å². The molecule has 0 aliphatic rings. The van der Waals surface area contributed by atoms with Crippen molar-refractivity contribution in [2.24, 2.45) is 0 Å². The van der Waals surface area contributed by atoms with Gasteiger partial charge in [-0.05, 0) is 40.4 Å². The average molecular weight is 370 g/mol. The van der Waals surface area contributed by atoms with Crippen molar-refractivity contribution in [3.05, 3.63) is 89.9 Å². The molecule has 2 N–H and O–H groups in total. The molecule has 0 saturated heterocycles. The van der Waals surface area contributed by atoms with Gasteiger partial charge in [0.25, 0.3) is 5.82 Å². The van der Waals surface area contributed by atoms with Gasteiger partial charge in [0.15, 0.2) is 5.69 Å². The van der Waals surface area contributed by atoms with Crippen molar-refractivity contribution in [2.75, 3.05) is 5.32 Å². The summed E-state index contributed by atoms with van der Waals surface area (Å²) in [5, 5.41) is 7.30. The topological polar surface area (TPSA) is 49.0 Å². The minimum atomic E-state index is -0.129. The highest BCUT2D eigenvalue weighted by atomic mass is 32.1. The van der Waals surface area contributed by atoms with Gasteiger partial charge in [-0.15, -0.1) is 11.3 Å². The monoisotopic (exact) mass is 370 g/mol. The van der Waals surface area contributed by atoms with Gasteiger partial charge in [0.2, 0.25) is 5.65 Å². The summed E-state index contributed by atoms with van der Waals surface area (Å²) in [7, 11) is 0. The number of rotatable bonds is 3. The highest BCUT2D eigenvalue weighted by Crippen LogP contribution is 2.29.